The summed E-state index contributed by atoms with van der Waals surface area (Å²) in [7, 11) is 0. The van der Waals surface area contributed by atoms with Crippen LogP contribution in [0.1, 0.15) is 6.92 Å². The maximum Gasteiger partial charge on any atom is 0.273 e. The average Bonchev–Trinajstić information content (AvgIpc) is 2.63. The number of benzene rings is 1. The van der Waals surface area contributed by atoms with Gasteiger partial charge in [0, 0.05) is 5.02 Å². The number of carbonyl (C=O) groups is 1. The van der Waals surface area contributed by atoms with E-state index in [2.05, 4.69) is 0 Å². The van der Waals surface area contributed by atoms with Crippen molar-refractivity contribution < 1.29 is 9.53 Å². The minimum atomic E-state index is -0.166. The van der Waals surface area contributed by atoms with Crippen LogP contribution in [0.25, 0.3) is 0 Å². The number of nitrogens with zero attached hydrogens (tertiary/aromatic N) is 1. The van der Waals surface area contributed by atoms with Crippen molar-refractivity contribution in [1.29, 1.82) is 0 Å². The second-order valence-electron chi connectivity index (χ2n) is 3.42. The summed E-state index contributed by atoms with van der Waals surface area (Å²) in [5.74, 6) is -0.166. The van der Waals surface area contributed by atoms with E-state index in [4.69, 9.17) is 28.6 Å². The van der Waals surface area contributed by atoms with Gasteiger partial charge < -0.3 is 4.74 Å². The number of hydrogen-bond donors (Lipinski definition) is 0. The van der Waals surface area contributed by atoms with Gasteiger partial charge in [-0.1, -0.05) is 35.6 Å². The first-order valence-electron chi connectivity index (χ1n) is 5.27. The van der Waals surface area contributed by atoms with Crippen molar-refractivity contribution in [2.45, 2.75) is 6.92 Å². The van der Waals surface area contributed by atoms with Gasteiger partial charge in [0.2, 0.25) is 0 Å². The van der Waals surface area contributed by atoms with Gasteiger partial charge in [-0.15, -0.1) is 0 Å². The standard InChI is InChI=1S/C12H10ClNO2S2/c1-2-16-7-10-11(15)14(12(17)18-10)9-5-3-8(13)4-6-9/h3-7H,2H2,1H3. The Bertz CT molecular complexity index is 513. The number of amides is 1. The van der Waals surface area contributed by atoms with Gasteiger partial charge in [-0.05, 0) is 31.2 Å². The highest BCUT2D eigenvalue weighted by Crippen LogP contribution is 2.35. The van der Waals surface area contributed by atoms with Crippen LogP contribution < -0.4 is 4.90 Å². The zero-order valence-electron chi connectivity index (χ0n) is 9.55. The maximum absolute atomic E-state index is 12.1. The normalized spacial score (nSPS) is 17.7. The minimum Gasteiger partial charge on any atom is -0.500 e. The first kappa shape index (κ1) is 13.4. The molecule has 1 aromatic rings. The van der Waals surface area contributed by atoms with Crippen molar-refractivity contribution in [3.8, 4) is 0 Å². The van der Waals surface area contributed by atoms with Crippen LogP contribution in [0.15, 0.2) is 35.4 Å². The molecule has 0 radical (unpaired) electrons. The fourth-order valence-electron chi connectivity index (χ4n) is 1.42. The van der Waals surface area contributed by atoms with E-state index in [1.807, 2.05) is 6.92 Å². The molecule has 3 nitrogen and oxygen atoms in total. The number of halogens is 1. The van der Waals surface area contributed by atoms with Gasteiger partial charge >= 0.3 is 0 Å². The van der Waals surface area contributed by atoms with Crippen LogP contribution in [0.2, 0.25) is 5.02 Å². The molecule has 1 heterocycles. The van der Waals surface area contributed by atoms with Crippen LogP contribution in [0.5, 0.6) is 0 Å². The van der Waals surface area contributed by atoms with Crippen molar-refractivity contribution in [2.75, 3.05) is 11.5 Å². The Labute approximate surface area is 120 Å². The van der Waals surface area contributed by atoms with Gasteiger partial charge in [-0.3, -0.25) is 9.69 Å². The van der Waals surface area contributed by atoms with E-state index in [0.29, 0.717) is 26.5 Å². The smallest absolute Gasteiger partial charge is 0.273 e. The number of hydrogen-bond acceptors (Lipinski definition) is 4. The van der Waals surface area contributed by atoms with Gasteiger partial charge in [0.15, 0.2) is 4.32 Å². The quantitative estimate of drug-likeness (QED) is 0.485. The number of rotatable bonds is 3. The molecule has 1 amide bonds. The monoisotopic (exact) mass is 299 g/mol. The summed E-state index contributed by atoms with van der Waals surface area (Å²) in [6.45, 7) is 2.38. The van der Waals surface area contributed by atoms with E-state index in [1.54, 1.807) is 24.3 Å². The lowest BCUT2D eigenvalue weighted by Gasteiger charge is -2.14. The van der Waals surface area contributed by atoms with Crippen LogP contribution in [-0.4, -0.2) is 16.8 Å². The summed E-state index contributed by atoms with van der Waals surface area (Å²) in [5.41, 5.74) is 0.710. The topological polar surface area (TPSA) is 29.5 Å². The molecule has 1 aliphatic heterocycles. The second kappa shape index (κ2) is 5.73. The molecule has 1 fully saturated rings. The van der Waals surface area contributed by atoms with Gasteiger partial charge in [0.1, 0.15) is 11.2 Å². The Morgan fingerprint density at radius 3 is 2.72 bits per heavy atom. The first-order valence-corrected chi connectivity index (χ1v) is 6.87. The first-order chi connectivity index (χ1) is 8.63. The highest BCUT2D eigenvalue weighted by molar-refractivity contribution is 8.27. The largest absolute Gasteiger partial charge is 0.500 e. The molecular formula is C12H10ClNO2S2. The van der Waals surface area contributed by atoms with E-state index in [0.717, 1.165) is 0 Å². The lowest BCUT2D eigenvalue weighted by Crippen LogP contribution is -2.27. The van der Waals surface area contributed by atoms with E-state index in [1.165, 1.54) is 22.9 Å². The molecule has 0 spiro atoms. The summed E-state index contributed by atoms with van der Waals surface area (Å²) in [6, 6.07) is 6.97. The van der Waals surface area contributed by atoms with Crippen LogP contribution in [0.3, 0.4) is 0 Å². The van der Waals surface area contributed by atoms with Gasteiger partial charge in [-0.25, -0.2) is 0 Å². The summed E-state index contributed by atoms with van der Waals surface area (Å²) in [5, 5.41) is 0.619. The zero-order valence-corrected chi connectivity index (χ0v) is 11.9. The number of carbonyl (C=O) groups excluding carboxylic acids is 1. The highest BCUT2D eigenvalue weighted by atomic mass is 35.5. The predicted octanol–water partition coefficient (Wildman–Crippen LogP) is 3.58. The van der Waals surface area contributed by atoms with Crippen molar-refractivity contribution in [1.82, 2.24) is 0 Å². The van der Waals surface area contributed by atoms with Crippen LogP contribution in [-0.2, 0) is 9.53 Å². The molecule has 0 atom stereocenters. The molecule has 0 unspecified atom stereocenters. The minimum absolute atomic E-state index is 0.166. The second-order valence-corrected chi connectivity index (χ2v) is 5.53. The molecule has 0 aromatic heterocycles. The molecule has 1 saturated heterocycles. The third-order valence-electron chi connectivity index (χ3n) is 2.24. The Kier molecular flexibility index (Phi) is 4.27. The summed E-state index contributed by atoms with van der Waals surface area (Å²) < 4.78 is 5.62. The Balaban J connectivity index is 2.27. The molecule has 0 bridgehead atoms. The van der Waals surface area contributed by atoms with Gasteiger partial charge in [0.05, 0.1) is 12.3 Å². The lowest BCUT2D eigenvalue weighted by atomic mass is 10.3. The van der Waals surface area contributed by atoms with Crippen molar-refractivity contribution in [2.24, 2.45) is 0 Å². The third kappa shape index (κ3) is 2.68. The number of anilines is 1. The highest BCUT2D eigenvalue weighted by Gasteiger charge is 2.33. The molecule has 0 saturated carbocycles. The maximum atomic E-state index is 12.1. The van der Waals surface area contributed by atoms with Crippen LogP contribution in [0, 0.1) is 0 Å². The number of thioether (sulfide) groups is 1. The number of thiocarbonyl (C=S) groups is 1. The average molecular weight is 300 g/mol. The Morgan fingerprint density at radius 2 is 2.11 bits per heavy atom. The summed E-state index contributed by atoms with van der Waals surface area (Å²) >= 11 is 12.2. The molecule has 0 aliphatic carbocycles. The van der Waals surface area contributed by atoms with E-state index in [-0.39, 0.29) is 5.91 Å². The van der Waals surface area contributed by atoms with E-state index >= 15 is 0 Å². The molecule has 2 rings (SSSR count). The third-order valence-corrected chi connectivity index (χ3v) is 3.77. The van der Waals surface area contributed by atoms with E-state index < -0.39 is 0 Å². The molecule has 94 valence electrons. The van der Waals surface area contributed by atoms with Crippen molar-refractivity contribution >= 4 is 51.5 Å². The molecule has 0 N–H and O–H groups in total. The Morgan fingerprint density at radius 1 is 1.44 bits per heavy atom. The molecule has 6 heteroatoms. The van der Waals surface area contributed by atoms with E-state index in [9.17, 15) is 4.79 Å². The molecular weight excluding hydrogens is 290 g/mol. The molecule has 18 heavy (non-hydrogen) atoms. The molecule has 1 aliphatic rings. The van der Waals surface area contributed by atoms with Gasteiger partial charge in [-0.2, -0.15) is 0 Å². The van der Waals surface area contributed by atoms with Gasteiger partial charge in [0.25, 0.3) is 5.91 Å². The fraction of sp³-hybridized carbons (Fsp3) is 0.167. The van der Waals surface area contributed by atoms with Crippen molar-refractivity contribution in [3.63, 3.8) is 0 Å². The Hall–Kier alpha value is -1.04. The summed E-state index contributed by atoms with van der Waals surface area (Å²) in [4.78, 5) is 14.1. The van der Waals surface area contributed by atoms with Crippen molar-refractivity contribution in [3.05, 3.63) is 40.5 Å². The molecule has 1 aromatic carbocycles. The predicted molar refractivity (Wildman–Crippen MR) is 78.8 cm³/mol. The van der Waals surface area contributed by atoms with Crippen LogP contribution in [0.4, 0.5) is 5.69 Å². The van der Waals surface area contributed by atoms with Crippen LogP contribution >= 0.6 is 35.6 Å². The fourth-order valence-corrected chi connectivity index (χ4v) is 2.77. The zero-order chi connectivity index (χ0) is 13.1. The SMILES string of the molecule is CCOC=C1SC(=S)N(c2ccc(Cl)cc2)C1=O. The number of ether oxygens (including phenoxy) is 1. The lowest BCUT2D eigenvalue weighted by molar-refractivity contribution is -0.113. The summed E-state index contributed by atoms with van der Waals surface area (Å²) in [6.07, 6.45) is 1.45.